The van der Waals surface area contributed by atoms with Crippen molar-refractivity contribution >= 4 is 35.0 Å². The zero-order valence-corrected chi connectivity index (χ0v) is 7.90. The van der Waals surface area contributed by atoms with Crippen LogP contribution in [0, 0.1) is 0 Å². The van der Waals surface area contributed by atoms with Gasteiger partial charge in [-0.3, -0.25) is 9.59 Å². The normalized spacial score (nSPS) is 6.00. The minimum Gasteiger partial charge on any atom is -1.00 e. The summed E-state index contributed by atoms with van der Waals surface area (Å²) in [5.74, 6) is -1.12. The summed E-state index contributed by atoms with van der Waals surface area (Å²) in [6.45, 7) is 2.36. The second-order valence-corrected chi connectivity index (χ2v) is 1.09. The molecule has 0 fully saturated rings. The molecule has 0 saturated carbocycles. The van der Waals surface area contributed by atoms with Crippen LogP contribution in [0.5, 0.6) is 0 Å². The largest absolute Gasteiger partial charge is 2.00 e. The topological polar surface area (TPSA) is 43.4 Å². The molecule has 0 heterocycles. The van der Waals surface area contributed by atoms with E-state index < -0.39 is 11.9 Å². The van der Waals surface area contributed by atoms with E-state index in [0.29, 0.717) is 0 Å². The van der Waals surface area contributed by atoms with Crippen molar-refractivity contribution in [3.05, 3.63) is 0 Å². The summed E-state index contributed by atoms with van der Waals surface area (Å²) in [6.07, 6.45) is 0. The van der Waals surface area contributed by atoms with E-state index in [1.165, 1.54) is 13.8 Å². The summed E-state index contributed by atoms with van der Waals surface area (Å²) in [6, 6.07) is 0. The molecule has 0 aliphatic rings. The van der Waals surface area contributed by atoms with E-state index in [-0.39, 0.29) is 43.0 Å². The second-order valence-electron chi connectivity index (χ2n) is 1.09. The van der Waals surface area contributed by atoms with Crippen molar-refractivity contribution in [2.75, 3.05) is 0 Å². The van der Waals surface area contributed by atoms with Crippen LogP contribution in [-0.4, -0.2) is 35.0 Å². The van der Waals surface area contributed by atoms with Crippen LogP contribution in [-0.2, 0) is 31.4 Å². The van der Waals surface area contributed by atoms with Gasteiger partial charge in [-0.15, -0.1) is 0 Å². The number of carbonyl (C=O) groups excluding carboxylic acids is 2. The molecule has 0 bridgehead atoms. The van der Waals surface area contributed by atoms with Gasteiger partial charge in [-0.2, -0.15) is 0 Å². The third-order valence-electron chi connectivity index (χ3n) is 0.287. The molecule has 0 aliphatic carbocycles. The molecule has 0 aliphatic heterocycles. The minimum atomic E-state index is -0.562. The molecule has 0 aromatic carbocycles. The fourth-order valence-electron chi connectivity index (χ4n) is 0.202. The van der Waals surface area contributed by atoms with E-state index in [0.717, 1.165) is 0 Å². The van der Waals surface area contributed by atoms with Gasteiger partial charge in [0.05, 0.1) is 0 Å². The molecule has 9 heavy (non-hydrogen) atoms. The molecule has 51 valence electrons. The zero-order valence-electron chi connectivity index (χ0n) is 7.31. The summed E-state index contributed by atoms with van der Waals surface area (Å²) < 4.78 is 3.97. The van der Waals surface area contributed by atoms with Gasteiger partial charge in [0, 0.05) is 30.9 Å². The smallest absolute Gasteiger partial charge is 1.00 e. The van der Waals surface area contributed by atoms with Gasteiger partial charge >= 0.3 is 35.0 Å². The quantitative estimate of drug-likeness (QED) is 0.300. The van der Waals surface area contributed by atoms with Crippen LogP contribution in [0.2, 0.25) is 0 Å². The minimum absolute atomic E-state index is 0. The van der Waals surface area contributed by atoms with Gasteiger partial charge in [0.2, 0.25) is 0 Å². The maximum Gasteiger partial charge on any atom is 2.00 e. The maximum atomic E-state index is 9.81. The number of esters is 2. The van der Waals surface area contributed by atoms with Crippen molar-refractivity contribution in [3.8, 4) is 0 Å². The van der Waals surface area contributed by atoms with E-state index >= 15 is 0 Å². The number of ether oxygens (including phenoxy) is 1. The maximum absolute atomic E-state index is 9.81. The molecule has 0 aromatic heterocycles. The van der Waals surface area contributed by atoms with Crippen molar-refractivity contribution in [2.24, 2.45) is 0 Å². The SMILES string of the molecule is CC(=O)OC(C)=O.[H-].[H-].[Mg+2].[Mn]. The molecule has 3 nitrogen and oxygen atoms in total. The van der Waals surface area contributed by atoms with E-state index in [4.69, 9.17) is 0 Å². The Balaban J connectivity index is -0.0000000300. The molecule has 0 aromatic rings. The summed E-state index contributed by atoms with van der Waals surface area (Å²) in [5, 5.41) is 0. The van der Waals surface area contributed by atoms with Crippen LogP contribution < -0.4 is 0 Å². The second kappa shape index (κ2) is 8.43. The molecule has 0 N–H and O–H groups in total. The zero-order chi connectivity index (χ0) is 5.86. The van der Waals surface area contributed by atoms with E-state index in [2.05, 4.69) is 4.74 Å². The van der Waals surface area contributed by atoms with Crippen LogP contribution in [0.1, 0.15) is 16.7 Å². The van der Waals surface area contributed by atoms with Crippen molar-refractivity contribution in [3.63, 3.8) is 0 Å². The van der Waals surface area contributed by atoms with E-state index in [9.17, 15) is 9.59 Å². The number of hydrogen-bond donors (Lipinski definition) is 0. The summed E-state index contributed by atoms with van der Waals surface area (Å²) in [4.78, 5) is 19.6. The third kappa shape index (κ3) is 17.8. The Labute approximate surface area is 83.1 Å². The molecule has 5 heteroatoms. The average molecular weight is 183 g/mol. The van der Waals surface area contributed by atoms with Crippen molar-refractivity contribution < 1.29 is 34.2 Å². The van der Waals surface area contributed by atoms with Gasteiger partial charge in [0.1, 0.15) is 0 Å². The Morgan fingerprint density at radius 1 is 1.22 bits per heavy atom. The van der Waals surface area contributed by atoms with Crippen molar-refractivity contribution in [2.45, 2.75) is 13.8 Å². The summed E-state index contributed by atoms with van der Waals surface area (Å²) >= 11 is 0. The van der Waals surface area contributed by atoms with Crippen LogP contribution in [0.4, 0.5) is 0 Å². The van der Waals surface area contributed by atoms with Gasteiger partial charge in [0.25, 0.3) is 0 Å². The Bertz CT molecular complexity index is 99.5. The summed E-state index contributed by atoms with van der Waals surface area (Å²) in [5.41, 5.74) is 0. The Hall–Kier alpha value is 0.426. The van der Waals surface area contributed by atoms with Crippen LogP contribution in [0.3, 0.4) is 0 Å². The monoisotopic (exact) mass is 183 g/mol. The van der Waals surface area contributed by atoms with Crippen molar-refractivity contribution in [1.82, 2.24) is 0 Å². The first-order valence-electron chi connectivity index (χ1n) is 1.82. The molecule has 0 rings (SSSR count). The van der Waals surface area contributed by atoms with Crippen LogP contribution in [0.15, 0.2) is 0 Å². The third-order valence-corrected chi connectivity index (χ3v) is 0.287. The summed E-state index contributed by atoms with van der Waals surface area (Å²) in [7, 11) is 0. The number of rotatable bonds is 0. The van der Waals surface area contributed by atoms with E-state index in [1.54, 1.807) is 0 Å². The predicted molar refractivity (Wildman–Crippen MR) is 30.4 cm³/mol. The van der Waals surface area contributed by atoms with Gasteiger partial charge in [-0.1, -0.05) is 0 Å². The first-order valence-corrected chi connectivity index (χ1v) is 1.82. The molecule has 0 spiro atoms. The molecule has 0 amide bonds. The molecule has 0 unspecified atom stereocenters. The van der Waals surface area contributed by atoms with E-state index in [1.807, 2.05) is 0 Å². The fourth-order valence-corrected chi connectivity index (χ4v) is 0.202. The Kier molecular flexibility index (Phi) is 15.2. The average Bonchev–Trinajstić information content (AvgIpc) is 1.27. The van der Waals surface area contributed by atoms with Gasteiger partial charge < -0.3 is 7.59 Å². The van der Waals surface area contributed by atoms with Crippen LogP contribution >= 0.6 is 0 Å². The van der Waals surface area contributed by atoms with Crippen LogP contribution in [0.25, 0.3) is 0 Å². The van der Waals surface area contributed by atoms with Crippen molar-refractivity contribution in [1.29, 1.82) is 0 Å². The standard InChI is InChI=1S/C4H6O3.Mg.Mn.2H/c1-3(5)7-4(2)6;;;;/h1-2H3;;;;/q;+2;;2*-1. The Morgan fingerprint density at radius 3 is 1.44 bits per heavy atom. The molecule has 1 radical (unpaired) electrons. The molecular weight excluding hydrogens is 175 g/mol. The fraction of sp³-hybridized carbons (Fsp3) is 0.500. The molecular formula is C4H8MgMnO3. The predicted octanol–water partition coefficient (Wildman–Crippen LogP) is -0.0623. The number of hydrogen-bond acceptors (Lipinski definition) is 3. The first-order chi connectivity index (χ1) is 3.13. The van der Waals surface area contributed by atoms with Gasteiger partial charge in [-0.25, -0.2) is 0 Å². The van der Waals surface area contributed by atoms with Gasteiger partial charge in [-0.05, 0) is 0 Å². The molecule has 0 saturated heterocycles. The van der Waals surface area contributed by atoms with Gasteiger partial charge in [0.15, 0.2) is 0 Å². The number of carbonyl (C=O) groups is 2. The first kappa shape index (κ1) is 16.2. The Morgan fingerprint density at radius 2 is 1.44 bits per heavy atom. The molecule has 0 atom stereocenters.